The molecule has 21 nitrogen and oxygen atoms in total. The van der Waals surface area contributed by atoms with E-state index in [9.17, 15) is 56.2 Å². The predicted octanol–water partition coefficient (Wildman–Crippen LogP) is -1.24. The molecule has 0 aromatic heterocycles. The molecule has 408 valence electrons. The zero-order valence-electron chi connectivity index (χ0n) is 41.6. The molecular formula is C50H82O21. The first kappa shape index (κ1) is 53.6. The highest BCUT2D eigenvalue weighted by atomic mass is 16.8. The summed E-state index contributed by atoms with van der Waals surface area (Å²) in [6.07, 6.45) is -19.2. The van der Waals surface area contributed by atoms with Gasteiger partial charge in [0, 0.05) is 12.3 Å². The van der Waals surface area contributed by atoms with Crippen LogP contribution >= 0.6 is 0 Å². The molecule has 4 saturated carbocycles. The van der Waals surface area contributed by atoms with Gasteiger partial charge in [0.15, 0.2) is 30.9 Å². The van der Waals surface area contributed by atoms with E-state index in [2.05, 4.69) is 27.7 Å². The quantitative estimate of drug-likeness (QED) is 0.114. The molecule has 0 aromatic rings. The maximum Gasteiger partial charge on any atom is 0.187 e. The SMILES string of the molecule is CC1CCC2(OC1)OC1CC3C4CCC5CC(O[C@@H]6O[C@H](CO[C@@H]7OC[C@H](O[C@@H]8O[C@@H](C)[C@H](O)[C@@H](O)[C@H]8O[C@@H]8O[C@H](CO)[C@@H](O)[C@H](O)[C@H]8O)[C@H](O)[C@H]7O)[C@@H](O)[C@H](O)[C@H]6O)CCC5(C)C4CCC3(C)C1C2C. The van der Waals surface area contributed by atoms with Crippen LogP contribution in [0.5, 0.6) is 0 Å². The van der Waals surface area contributed by atoms with Gasteiger partial charge in [0.2, 0.25) is 0 Å². The van der Waals surface area contributed by atoms with Gasteiger partial charge >= 0.3 is 0 Å². The number of rotatable bonds is 10. The maximum absolute atomic E-state index is 11.2. The number of fused-ring (bicyclic) bond motifs is 7. The van der Waals surface area contributed by atoms with Gasteiger partial charge in [-0.1, -0.05) is 27.7 Å². The molecule has 0 radical (unpaired) electrons. The summed E-state index contributed by atoms with van der Waals surface area (Å²) in [5, 5.41) is 118. The molecule has 4 aliphatic carbocycles. The fourth-order valence-electron chi connectivity index (χ4n) is 15.7. The Balaban J connectivity index is 0.721. The third kappa shape index (κ3) is 9.30. The van der Waals surface area contributed by atoms with Crippen LogP contribution in [0.4, 0.5) is 0 Å². The van der Waals surface area contributed by atoms with Crippen LogP contribution in [0.2, 0.25) is 0 Å². The minimum Gasteiger partial charge on any atom is -0.394 e. The van der Waals surface area contributed by atoms with Crippen LogP contribution in [-0.2, 0) is 47.4 Å². The minimum absolute atomic E-state index is 0.140. The Morgan fingerprint density at radius 1 is 0.563 bits per heavy atom. The van der Waals surface area contributed by atoms with Crippen LogP contribution in [0.15, 0.2) is 0 Å². The van der Waals surface area contributed by atoms with E-state index >= 15 is 0 Å². The highest BCUT2D eigenvalue weighted by molar-refractivity contribution is 5.15. The number of ether oxygens (including phenoxy) is 10. The molecule has 6 heterocycles. The molecule has 10 fully saturated rings. The molecule has 12 unspecified atom stereocenters. The van der Waals surface area contributed by atoms with Crippen molar-refractivity contribution >= 4 is 0 Å². The second-order valence-electron chi connectivity index (χ2n) is 23.9. The van der Waals surface area contributed by atoms with Gasteiger partial charge in [-0.3, -0.25) is 0 Å². The summed E-state index contributed by atoms with van der Waals surface area (Å²) in [6.45, 7) is 10.3. The number of aliphatic hydroxyl groups excluding tert-OH is 11. The molecule has 71 heavy (non-hydrogen) atoms. The monoisotopic (exact) mass is 1020 g/mol. The second-order valence-corrected chi connectivity index (χ2v) is 23.9. The van der Waals surface area contributed by atoms with Gasteiger partial charge in [-0.15, -0.1) is 0 Å². The van der Waals surface area contributed by atoms with Crippen molar-refractivity contribution in [3.63, 3.8) is 0 Å². The molecule has 1 spiro atoms. The molecule has 0 aromatic carbocycles. The summed E-state index contributed by atoms with van der Waals surface area (Å²) in [5.74, 6) is 3.31. The van der Waals surface area contributed by atoms with Gasteiger partial charge in [0.1, 0.15) is 85.5 Å². The maximum atomic E-state index is 11.2. The topological polar surface area (TPSA) is 315 Å². The van der Waals surface area contributed by atoms with Crippen molar-refractivity contribution in [2.45, 2.75) is 234 Å². The number of hydrogen-bond acceptors (Lipinski definition) is 21. The molecule has 6 saturated heterocycles. The Bertz CT molecular complexity index is 1810. The molecule has 11 N–H and O–H groups in total. The first-order chi connectivity index (χ1) is 33.7. The van der Waals surface area contributed by atoms with Gasteiger partial charge in [-0.25, -0.2) is 0 Å². The van der Waals surface area contributed by atoms with Gasteiger partial charge in [0.05, 0.1) is 44.7 Å². The first-order valence-corrected chi connectivity index (χ1v) is 26.6. The summed E-state index contributed by atoms with van der Waals surface area (Å²) in [7, 11) is 0. The van der Waals surface area contributed by atoms with Gasteiger partial charge in [-0.2, -0.15) is 0 Å². The summed E-state index contributed by atoms with van der Waals surface area (Å²) < 4.78 is 60.5. The zero-order valence-corrected chi connectivity index (χ0v) is 41.6. The van der Waals surface area contributed by atoms with Crippen molar-refractivity contribution in [3.05, 3.63) is 0 Å². The number of aliphatic hydroxyl groups is 11. The molecule has 10 aliphatic rings. The summed E-state index contributed by atoms with van der Waals surface area (Å²) in [4.78, 5) is 0. The first-order valence-electron chi connectivity index (χ1n) is 26.6. The molecule has 0 bridgehead atoms. The molecule has 31 atom stereocenters. The van der Waals surface area contributed by atoms with E-state index in [0.717, 1.165) is 58.0 Å². The largest absolute Gasteiger partial charge is 0.394 e. The van der Waals surface area contributed by atoms with Crippen molar-refractivity contribution in [1.82, 2.24) is 0 Å². The highest BCUT2D eigenvalue weighted by Gasteiger charge is 2.69. The third-order valence-electron chi connectivity index (χ3n) is 20.0. The van der Waals surface area contributed by atoms with E-state index < -0.39 is 142 Å². The highest BCUT2D eigenvalue weighted by Crippen LogP contribution is 2.71. The molecule has 0 amide bonds. The van der Waals surface area contributed by atoms with Crippen LogP contribution in [0, 0.1) is 52.3 Å². The van der Waals surface area contributed by atoms with E-state index in [1.54, 1.807) is 0 Å². The minimum atomic E-state index is -1.86. The summed E-state index contributed by atoms with van der Waals surface area (Å²) in [5.41, 5.74) is 0.369. The normalized spacial score (nSPS) is 58.5. The fraction of sp³-hybridized carbons (Fsp3) is 1.00. The third-order valence-corrected chi connectivity index (χ3v) is 20.0. The second kappa shape index (κ2) is 20.5. The Hall–Kier alpha value is -0.840. The van der Waals surface area contributed by atoms with Crippen molar-refractivity contribution in [2.24, 2.45) is 52.3 Å². The van der Waals surface area contributed by atoms with Crippen LogP contribution in [-0.4, -0.2) is 217 Å². The molecule has 6 aliphatic heterocycles. The van der Waals surface area contributed by atoms with Crippen molar-refractivity contribution < 1.29 is 104 Å². The van der Waals surface area contributed by atoms with Crippen molar-refractivity contribution in [1.29, 1.82) is 0 Å². The van der Waals surface area contributed by atoms with Crippen LogP contribution in [0.25, 0.3) is 0 Å². The van der Waals surface area contributed by atoms with E-state index in [0.29, 0.717) is 41.4 Å². The van der Waals surface area contributed by atoms with Crippen molar-refractivity contribution in [3.8, 4) is 0 Å². The lowest BCUT2D eigenvalue weighted by Gasteiger charge is -2.61. The lowest BCUT2D eigenvalue weighted by Crippen LogP contribution is -2.65. The van der Waals surface area contributed by atoms with Crippen LogP contribution in [0.1, 0.15) is 98.8 Å². The standard InChI is InChI=1S/C50H82O21/c1-20-8-13-50(64-17-20)21(2)32-28(71-50)15-27-25-7-6-23-14-24(9-11-48(23,4)26(25)10-12-49(27,32)5)66-45-41(60)38(57)35(54)30(68-45)18-62-44-40(59)36(55)31(19-63-44)69-47-43(39(58)33(52)22(3)65-47)70-46-42(61)37(56)34(53)29(16-51)67-46/h20-47,51-61H,6-19H2,1-5H3/t20?,21?,22-,23?,24?,25?,26?,27?,28?,29+,30+,31-,32?,33-,34+,35+,36-,37-,38-,39+,40+,41+,42+,43+,44+,45+,46-,47-,48?,49?,50?/m0/s1. The lowest BCUT2D eigenvalue weighted by atomic mass is 9.44. The smallest absolute Gasteiger partial charge is 0.187 e. The molecule has 21 heteroatoms. The van der Waals surface area contributed by atoms with E-state index in [-0.39, 0.29) is 23.0 Å². The summed E-state index contributed by atoms with van der Waals surface area (Å²) >= 11 is 0. The van der Waals surface area contributed by atoms with E-state index in [1.165, 1.54) is 19.8 Å². The Labute approximate surface area is 414 Å². The van der Waals surface area contributed by atoms with Gasteiger partial charge in [0.25, 0.3) is 0 Å². The van der Waals surface area contributed by atoms with E-state index in [4.69, 9.17) is 47.4 Å². The molecule has 10 rings (SSSR count). The predicted molar refractivity (Wildman–Crippen MR) is 241 cm³/mol. The Morgan fingerprint density at radius 2 is 1.24 bits per heavy atom. The van der Waals surface area contributed by atoms with Crippen LogP contribution in [0.3, 0.4) is 0 Å². The average molecular weight is 1020 g/mol. The van der Waals surface area contributed by atoms with Crippen LogP contribution < -0.4 is 0 Å². The zero-order chi connectivity index (χ0) is 50.6. The average Bonchev–Trinajstić information content (AvgIpc) is 3.80. The van der Waals surface area contributed by atoms with Crippen molar-refractivity contribution in [2.75, 3.05) is 26.4 Å². The van der Waals surface area contributed by atoms with Gasteiger partial charge < -0.3 is 104 Å². The lowest BCUT2D eigenvalue weighted by molar-refractivity contribution is -0.380. The Kier molecular flexibility index (Phi) is 15.5. The van der Waals surface area contributed by atoms with Gasteiger partial charge in [-0.05, 0) is 111 Å². The van der Waals surface area contributed by atoms with E-state index in [1.807, 2.05) is 0 Å². The number of hydrogen-bond donors (Lipinski definition) is 11. The summed E-state index contributed by atoms with van der Waals surface area (Å²) in [6, 6.07) is 0. The Morgan fingerprint density at radius 3 is 1.94 bits per heavy atom. The fourth-order valence-corrected chi connectivity index (χ4v) is 15.7. The molecular weight excluding hydrogens is 937 g/mol.